The van der Waals surface area contributed by atoms with Crippen LogP contribution < -0.4 is 0 Å². The number of hydrogen-bond donors (Lipinski definition) is 0. The molecular formula is C11H8Cl2IN3O2S. The van der Waals surface area contributed by atoms with Gasteiger partial charge in [0, 0.05) is 30.9 Å². The average Bonchev–Trinajstić information content (AvgIpc) is 3.09. The number of rotatable bonds is 3. The molecule has 20 heavy (non-hydrogen) atoms. The van der Waals surface area contributed by atoms with E-state index in [1.165, 1.54) is 0 Å². The summed E-state index contributed by atoms with van der Waals surface area (Å²) in [6.45, 7) is 0. The molecule has 0 atom stereocenters. The average molecular weight is 444 g/mol. The molecule has 0 bridgehead atoms. The standard InChI is InChI=1S/C11H8Cl2IN3O2S/c12-6-1-4-9(14)8(5-6)10-15-16-11(20(13,18)19)17(10)7-2-3-7/h1,4-5,7H,2-3H2. The van der Waals surface area contributed by atoms with Crippen LogP contribution in [-0.4, -0.2) is 23.2 Å². The molecule has 1 saturated carbocycles. The Morgan fingerprint density at radius 1 is 1.30 bits per heavy atom. The molecular weight excluding hydrogens is 436 g/mol. The normalized spacial score (nSPS) is 15.6. The summed E-state index contributed by atoms with van der Waals surface area (Å²) >= 11 is 8.15. The molecule has 1 aliphatic carbocycles. The Morgan fingerprint density at radius 2 is 2.00 bits per heavy atom. The zero-order valence-corrected chi connectivity index (χ0v) is 14.4. The van der Waals surface area contributed by atoms with Gasteiger partial charge in [-0.05, 0) is 53.6 Å². The van der Waals surface area contributed by atoms with Crippen LogP contribution in [0.4, 0.5) is 0 Å². The highest BCUT2D eigenvalue weighted by molar-refractivity contribution is 14.1. The molecule has 2 aromatic rings. The fourth-order valence-electron chi connectivity index (χ4n) is 1.96. The predicted octanol–water partition coefficient (Wildman–Crippen LogP) is 3.47. The van der Waals surface area contributed by atoms with E-state index in [0.29, 0.717) is 10.8 Å². The third kappa shape index (κ3) is 2.68. The molecule has 0 saturated heterocycles. The zero-order chi connectivity index (χ0) is 14.5. The first-order valence-electron chi connectivity index (χ1n) is 5.73. The van der Waals surface area contributed by atoms with Crippen LogP contribution in [0.1, 0.15) is 18.9 Å². The molecule has 0 N–H and O–H groups in total. The molecule has 1 heterocycles. The van der Waals surface area contributed by atoms with Crippen molar-refractivity contribution in [2.45, 2.75) is 24.0 Å². The van der Waals surface area contributed by atoms with E-state index in [1.807, 2.05) is 6.07 Å². The molecule has 0 unspecified atom stereocenters. The second-order valence-corrected chi connectivity index (χ2v) is 8.53. The van der Waals surface area contributed by atoms with Crippen molar-refractivity contribution >= 4 is 53.9 Å². The van der Waals surface area contributed by atoms with Gasteiger partial charge in [-0.2, -0.15) is 0 Å². The molecule has 0 amide bonds. The molecule has 1 fully saturated rings. The van der Waals surface area contributed by atoms with Crippen molar-refractivity contribution in [3.63, 3.8) is 0 Å². The number of nitrogens with zero attached hydrogens (tertiary/aromatic N) is 3. The Kier molecular flexibility index (Phi) is 3.72. The van der Waals surface area contributed by atoms with Gasteiger partial charge in [0.05, 0.1) is 0 Å². The van der Waals surface area contributed by atoms with Crippen LogP contribution in [0.3, 0.4) is 0 Å². The van der Waals surface area contributed by atoms with Crippen molar-refractivity contribution in [3.05, 3.63) is 26.8 Å². The molecule has 0 radical (unpaired) electrons. The summed E-state index contributed by atoms with van der Waals surface area (Å²) in [7, 11) is 1.51. The van der Waals surface area contributed by atoms with Gasteiger partial charge in [0.2, 0.25) is 0 Å². The minimum Gasteiger partial charge on any atom is -0.294 e. The largest absolute Gasteiger partial charge is 0.296 e. The fourth-order valence-corrected chi connectivity index (χ4v) is 3.63. The van der Waals surface area contributed by atoms with Gasteiger partial charge in [-0.1, -0.05) is 11.6 Å². The SMILES string of the molecule is O=S(=O)(Cl)c1nnc(-c2cc(Cl)ccc2I)n1C1CC1. The number of benzene rings is 1. The van der Waals surface area contributed by atoms with Gasteiger partial charge in [0.25, 0.3) is 14.2 Å². The van der Waals surface area contributed by atoms with E-state index in [-0.39, 0.29) is 11.2 Å². The highest BCUT2D eigenvalue weighted by Crippen LogP contribution is 2.41. The van der Waals surface area contributed by atoms with Crippen LogP contribution in [0.15, 0.2) is 23.4 Å². The van der Waals surface area contributed by atoms with E-state index in [9.17, 15) is 8.42 Å². The van der Waals surface area contributed by atoms with Crippen LogP contribution in [-0.2, 0) is 9.05 Å². The Labute approximate surface area is 138 Å². The van der Waals surface area contributed by atoms with Gasteiger partial charge in [-0.3, -0.25) is 4.57 Å². The third-order valence-electron chi connectivity index (χ3n) is 2.96. The van der Waals surface area contributed by atoms with Crippen LogP contribution in [0.2, 0.25) is 5.02 Å². The lowest BCUT2D eigenvalue weighted by Crippen LogP contribution is -2.06. The van der Waals surface area contributed by atoms with Gasteiger partial charge in [0.15, 0.2) is 5.82 Å². The maximum Gasteiger partial charge on any atom is 0.296 e. The Bertz CT molecular complexity index is 787. The number of halogens is 3. The smallest absolute Gasteiger partial charge is 0.294 e. The van der Waals surface area contributed by atoms with E-state index >= 15 is 0 Å². The van der Waals surface area contributed by atoms with Crippen LogP contribution in [0.5, 0.6) is 0 Å². The van der Waals surface area contributed by atoms with Gasteiger partial charge in [-0.25, -0.2) is 8.42 Å². The van der Waals surface area contributed by atoms with Crippen molar-refractivity contribution < 1.29 is 8.42 Å². The Hall–Kier alpha value is -0.380. The molecule has 1 aliphatic rings. The molecule has 0 aliphatic heterocycles. The zero-order valence-electron chi connectivity index (χ0n) is 9.92. The second kappa shape index (κ2) is 5.11. The van der Waals surface area contributed by atoms with E-state index in [2.05, 4.69) is 32.8 Å². The lowest BCUT2D eigenvalue weighted by Gasteiger charge is -2.09. The summed E-state index contributed by atoms with van der Waals surface area (Å²) < 4.78 is 25.7. The minimum absolute atomic E-state index is 0.0818. The molecule has 5 nitrogen and oxygen atoms in total. The van der Waals surface area contributed by atoms with E-state index in [4.69, 9.17) is 22.3 Å². The lowest BCUT2D eigenvalue weighted by molar-refractivity contribution is 0.579. The summed E-state index contributed by atoms with van der Waals surface area (Å²) in [5.74, 6) is 0.485. The highest BCUT2D eigenvalue weighted by Gasteiger charge is 2.34. The molecule has 106 valence electrons. The highest BCUT2D eigenvalue weighted by atomic mass is 127. The van der Waals surface area contributed by atoms with Crippen molar-refractivity contribution in [1.29, 1.82) is 0 Å². The van der Waals surface area contributed by atoms with Gasteiger partial charge in [0.1, 0.15) is 0 Å². The summed E-state index contributed by atoms with van der Waals surface area (Å²) in [6, 6.07) is 5.44. The van der Waals surface area contributed by atoms with Crippen molar-refractivity contribution in [3.8, 4) is 11.4 Å². The van der Waals surface area contributed by atoms with Gasteiger partial charge in [-0.15, -0.1) is 10.2 Å². The number of aromatic nitrogens is 3. The van der Waals surface area contributed by atoms with Crippen LogP contribution in [0, 0.1) is 3.57 Å². The van der Waals surface area contributed by atoms with Crippen molar-refractivity contribution in [2.24, 2.45) is 0 Å². The van der Waals surface area contributed by atoms with Crippen molar-refractivity contribution in [1.82, 2.24) is 14.8 Å². The molecule has 1 aromatic heterocycles. The molecule has 1 aromatic carbocycles. The van der Waals surface area contributed by atoms with Gasteiger partial charge >= 0.3 is 0 Å². The topological polar surface area (TPSA) is 64.8 Å². The lowest BCUT2D eigenvalue weighted by atomic mass is 10.2. The predicted molar refractivity (Wildman–Crippen MR) is 84.5 cm³/mol. The summed E-state index contributed by atoms with van der Waals surface area (Å²) in [4.78, 5) is 0. The molecule has 0 spiro atoms. The fraction of sp³-hybridized carbons (Fsp3) is 0.273. The summed E-state index contributed by atoms with van der Waals surface area (Å²) in [6.07, 6.45) is 1.78. The van der Waals surface area contributed by atoms with Crippen LogP contribution in [0.25, 0.3) is 11.4 Å². The first kappa shape index (κ1) is 14.6. The van der Waals surface area contributed by atoms with E-state index < -0.39 is 9.05 Å². The first-order chi connectivity index (χ1) is 9.38. The van der Waals surface area contributed by atoms with E-state index in [0.717, 1.165) is 22.0 Å². The maximum absolute atomic E-state index is 11.6. The summed E-state index contributed by atoms with van der Waals surface area (Å²) in [5, 5.41) is 8.10. The summed E-state index contributed by atoms with van der Waals surface area (Å²) in [5.41, 5.74) is 0.754. The van der Waals surface area contributed by atoms with Crippen molar-refractivity contribution in [2.75, 3.05) is 0 Å². The molecule has 9 heteroatoms. The minimum atomic E-state index is -3.92. The first-order valence-corrected chi connectivity index (χ1v) is 9.49. The van der Waals surface area contributed by atoms with Crippen LogP contribution >= 0.6 is 44.9 Å². The Balaban J connectivity index is 2.25. The quantitative estimate of drug-likeness (QED) is 0.538. The Morgan fingerprint density at radius 3 is 2.60 bits per heavy atom. The monoisotopic (exact) mass is 443 g/mol. The van der Waals surface area contributed by atoms with E-state index in [1.54, 1.807) is 16.7 Å². The number of hydrogen-bond acceptors (Lipinski definition) is 4. The second-order valence-electron chi connectivity index (χ2n) is 4.47. The van der Waals surface area contributed by atoms with Gasteiger partial charge < -0.3 is 0 Å². The molecule has 3 rings (SSSR count). The maximum atomic E-state index is 11.6. The third-order valence-corrected chi connectivity index (χ3v) is 5.27.